The lowest BCUT2D eigenvalue weighted by Gasteiger charge is -2.05. The highest BCUT2D eigenvalue weighted by molar-refractivity contribution is 8.15. The molecule has 1 atom stereocenters. The molecule has 1 aromatic heterocycles. The lowest BCUT2D eigenvalue weighted by atomic mass is 10.2. The van der Waals surface area contributed by atoms with Crippen LogP contribution in [0.2, 0.25) is 0 Å². The zero-order chi connectivity index (χ0) is 15.7. The first-order valence-corrected chi connectivity index (χ1v) is 7.13. The number of carbonyl (C=O) groups excluding carboxylic acids is 2. The Morgan fingerprint density at radius 2 is 2.18 bits per heavy atom. The summed E-state index contributed by atoms with van der Waals surface area (Å²) in [7, 11) is 0. The van der Waals surface area contributed by atoms with Crippen molar-refractivity contribution < 1.29 is 19.8 Å². The number of nitrogens with zero attached hydrogens (tertiary/aromatic N) is 3. The molecule has 1 aromatic carbocycles. The third kappa shape index (κ3) is 2.70. The van der Waals surface area contributed by atoms with Gasteiger partial charge in [0.15, 0.2) is 5.69 Å². The molecule has 0 aliphatic carbocycles. The minimum atomic E-state index is -1.33. The second kappa shape index (κ2) is 5.60. The van der Waals surface area contributed by atoms with E-state index in [9.17, 15) is 19.8 Å². The number of rotatable bonds is 3. The average molecular weight is 317 g/mol. The summed E-state index contributed by atoms with van der Waals surface area (Å²) in [6, 6.07) is 7.12. The van der Waals surface area contributed by atoms with Crippen LogP contribution in [0.4, 0.5) is 5.69 Å². The summed E-state index contributed by atoms with van der Waals surface area (Å²) in [5, 5.41) is 27.9. The lowest BCUT2D eigenvalue weighted by Crippen LogP contribution is -2.28. The van der Waals surface area contributed by atoms with Crippen molar-refractivity contribution in [1.29, 1.82) is 0 Å². The summed E-state index contributed by atoms with van der Waals surface area (Å²) in [5.41, 5.74) is 0.926. The number of benzene rings is 1. The number of hydrogen-bond donors (Lipinski definition) is 2. The molecule has 3 rings (SSSR count). The van der Waals surface area contributed by atoms with Gasteiger partial charge < -0.3 is 20.0 Å². The molecule has 2 N–H and O–H groups in total. The number of H-pyrrole nitrogens is 1. The fraction of sp³-hybridized carbons (Fsp3) is 0.154. The van der Waals surface area contributed by atoms with Crippen LogP contribution < -0.4 is 5.11 Å². The summed E-state index contributed by atoms with van der Waals surface area (Å²) < 4.78 is 0. The lowest BCUT2D eigenvalue weighted by molar-refractivity contribution is -0.305. The molecule has 0 radical (unpaired) electrons. The molecule has 0 spiro atoms. The predicted octanol–water partition coefficient (Wildman–Crippen LogP) is 1.10. The molecule has 1 aliphatic heterocycles. The van der Waals surface area contributed by atoms with Gasteiger partial charge in [-0.2, -0.15) is 4.99 Å². The van der Waals surface area contributed by atoms with Gasteiger partial charge in [-0.05, 0) is 6.07 Å². The first kappa shape index (κ1) is 14.3. The normalized spacial score (nSPS) is 18.3. The minimum absolute atomic E-state index is 0.0564. The van der Waals surface area contributed by atoms with E-state index in [2.05, 4.69) is 20.2 Å². The highest BCUT2D eigenvalue weighted by Gasteiger charge is 2.28. The van der Waals surface area contributed by atoms with Crippen LogP contribution >= 0.6 is 11.8 Å². The first-order chi connectivity index (χ1) is 10.5. The van der Waals surface area contributed by atoms with Gasteiger partial charge in [-0.3, -0.25) is 4.79 Å². The number of aliphatic carboxylic acids is 1. The summed E-state index contributed by atoms with van der Waals surface area (Å²) in [6.45, 7) is 0. The molecule has 0 saturated heterocycles. The molecule has 0 unspecified atom stereocenters. The first-order valence-electron chi connectivity index (χ1n) is 6.25. The number of hydrogen-bond acceptors (Lipinski definition) is 7. The van der Waals surface area contributed by atoms with E-state index in [-0.39, 0.29) is 16.7 Å². The van der Waals surface area contributed by atoms with E-state index in [0.29, 0.717) is 10.9 Å². The topological polar surface area (TPSA) is 130 Å². The average Bonchev–Trinajstić information content (AvgIpc) is 2.96. The van der Waals surface area contributed by atoms with Crippen LogP contribution in [0.5, 0.6) is 5.88 Å². The summed E-state index contributed by atoms with van der Waals surface area (Å²) >= 11 is 0.908. The monoisotopic (exact) mass is 317 g/mol. The van der Waals surface area contributed by atoms with Crippen molar-refractivity contribution in [2.24, 2.45) is 15.2 Å². The van der Waals surface area contributed by atoms with Crippen LogP contribution in [0.25, 0.3) is 10.9 Å². The molecule has 112 valence electrons. The van der Waals surface area contributed by atoms with Crippen molar-refractivity contribution in [2.75, 3.05) is 0 Å². The van der Waals surface area contributed by atoms with Gasteiger partial charge in [0.25, 0.3) is 5.91 Å². The van der Waals surface area contributed by atoms with Crippen molar-refractivity contribution in [3.63, 3.8) is 0 Å². The number of amidine groups is 1. The number of fused-ring (bicyclic) bond motifs is 1. The van der Waals surface area contributed by atoms with Crippen LogP contribution in [-0.4, -0.2) is 32.4 Å². The number of azo groups is 1. The van der Waals surface area contributed by atoms with E-state index >= 15 is 0 Å². The van der Waals surface area contributed by atoms with E-state index in [1.54, 1.807) is 24.3 Å². The van der Waals surface area contributed by atoms with Crippen molar-refractivity contribution in [2.45, 2.75) is 11.7 Å². The second-order valence-electron chi connectivity index (χ2n) is 4.48. The number of aromatic hydroxyl groups is 1. The van der Waals surface area contributed by atoms with Crippen LogP contribution in [-0.2, 0) is 9.59 Å². The van der Waals surface area contributed by atoms with Crippen LogP contribution in [0, 0.1) is 0 Å². The van der Waals surface area contributed by atoms with E-state index in [1.165, 1.54) is 0 Å². The Labute approximate surface area is 128 Å². The van der Waals surface area contributed by atoms with Crippen molar-refractivity contribution >= 4 is 45.4 Å². The Bertz CT molecular complexity index is 827. The maximum atomic E-state index is 11.5. The quantitative estimate of drug-likeness (QED) is 0.818. The molecule has 2 heterocycles. The number of nitrogens with one attached hydrogen (secondary N) is 1. The maximum absolute atomic E-state index is 11.5. The maximum Gasteiger partial charge on any atom is 0.262 e. The number of carboxylic acid groups (broad SMARTS) is 1. The second-order valence-corrected chi connectivity index (χ2v) is 5.65. The van der Waals surface area contributed by atoms with Crippen LogP contribution in [0.15, 0.2) is 39.5 Å². The van der Waals surface area contributed by atoms with Crippen molar-refractivity contribution in [3.8, 4) is 5.88 Å². The van der Waals surface area contributed by atoms with Crippen LogP contribution in [0.3, 0.4) is 0 Å². The van der Waals surface area contributed by atoms with Gasteiger partial charge in [-0.1, -0.05) is 30.0 Å². The summed E-state index contributed by atoms with van der Waals surface area (Å²) in [6.07, 6.45) is -0.426. The van der Waals surface area contributed by atoms with Gasteiger partial charge in [0.05, 0.1) is 10.8 Å². The third-order valence-corrected chi connectivity index (χ3v) is 4.01. The highest BCUT2D eigenvalue weighted by Crippen LogP contribution is 2.36. The van der Waals surface area contributed by atoms with Crippen molar-refractivity contribution in [1.82, 2.24) is 4.98 Å². The molecule has 9 heteroatoms. The van der Waals surface area contributed by atoms with E-state index in [1.807, 2.05) is 0 Å². The van der Waals surface area contributed by atoms with E-state index < -0.39 is 23.5 Å². The SMILES string of the molecule is O=C([O-])C[C@@H]1SC(N=Nc2c(O)[nH]c3ccccc23)=NC1=O. The van der Waals surface area contributed by atoms with E-state index in [0.717, 1.165) is 11.8 Å². The minimum Gasteiger partial charge on any atom is -0.550 e. The van der Waals surface area contributed by atoms with Gasteiger partial charge in [-0.25, -0.2) is 0 Å². The fourth-order valence-electron chi connectivity index (χ4n) is 2.00. The molecule has 2 aromatic rings. The van der Waals surface area contributed by atoms with Gasteiger partial charge in [-0.15, -0.1) is 10.2 Å². The number of para-hydroxylation sites is 1. The Morgan fingerprint density at radius 3 is 2.95 bits per heavy atom. The largest absolute Gasteiger partial charge is 0.550 e. The Kier molecular flexibility index (Phi) is 3.63. The smallest absolute Gasteiger partial charge is 0.262 e. The Balaban J connectivity index is 1.82. The number of aliphatic imine (C=N–C) groups is 1. The molecule has 0 fully saturated rings. The Hall–Kier alpha value is -2.68. The number of thioether (sulfide) groups is 1. The molecular formula is C13H9N4O4S-. The van der Waals surface area contributed by atoms with Gasteiger partial charge >= 0.3 is 0 Å². The third-order valence-electron chi connectivity index (χ3n) is 2.98. The van der Waals surface area contributed by atoms with Crippen molar-refractivity contribution in [3.05, 3.63) is 24.3 Å². The molecule has 0 bridgehead atoms. The van der Waals surface area contributed by atoms with E-state index in [4.69, 9.17) is 0 Å². The molecule has 0 saturated carbocycles. The summed E-state index contributed by atoms with van der Waals surface area (Å²) in [5.74, 6) is -2.05. The fourth-order valence-corrected chi connectivity index (χ4v) is 2.86. The number of aromatic nitrogens is 1. The number of amides is 1. The Morgan fingerprint density at radius 1 is 1.41 bits per heavy atom. The standard InChI is InChI=1S/C13H10N4O4S/c18-9(19)5-8-11(20)15-13(22-8)17-16-10-6-3-1-2-4-7(6)14-12(10)21/h1-4,8,14,21H,5H2,(H,18,19)/p-1/t8-/m0/s1. The van der Waals surface area contributed by atoms with Gasteiger partial charge in [0, 0.05) is 17.8 Å². The molecule has 22 heavy (non-hydrogen) atoms. The van der Waals surface area contributed by atoms with Gasteiger partial charge in [0.1, 0.15) is 0 Å². The highest BCUT2D eigenvalue weighted by atomic mass is 32.2. The number of carbonyl (C=O) groups is 2. The zero-order valence-corrected chi connectivity index (χ0v) is 11.8. The van der Waals surface area contributed by atoms with Gasteiger partial charge in [0.2, 0.25) is 11.0 Å². The zero-order valence-electron chi connectivity index (χ0n) is 11.0. The molecule has 8 nitrogen and oxygen atoms in total. The number of aromatic amines is 1. The molecular weight excluding hydrogens is 308 g/mol. The molecule has 1 aliphatic rings. The predicted molar refractivity (Wildman–Crippen MR) is 77.9 cm³/mol. The van der Waals surface area contributed by atoms with Crippen LogP contribution in [0.1, 0.15) is 6.42 Å². The summed E-state index contributed by atoms with van der Waals surface area (Å²) in [4.78, 5) is 28.4. The number of carboxylic acids is 1. The molecule has 1 amide bonds.